The number of rotatable bonds is 5. The number of nitriles is 2. The van der Waals surface area contributed by atoms with Gasteiger partial charge in [-0.3, -0.25) is 9.88 Å². The fourth-order valence-electron chi connectivity index (χ4n) is 4.84. The van der Waals surface area contributed by atoms with Crippen molar-refractivity contribution in [2.45, 2.75) is 38.4 Å². The van der Waals surface area contributed by atoms with Gasteiger partial charge in [0.2, 0.25) is 0 Å². The number of pyridine rings is 1. The Morgan fingerprint density at radius 1 is 1.06 bits per heavy atom. The Balaban J connectivity index is 1.56. The maximum atomic E-state index is 9.74. The number of hydrogen-bond donors (Lipinski definition) is 0. The molecule has 0 N–H and O–H groups in total. The fourth-order valence-corrected chi connectivity index (χ4v) is 4.84. The molecule has 0 spiro atoms. The van der Waals surface area contributed by atoms with Gasteiger partial charge in [-0.15, -0.1) is 0 Å². The second-order valence-corrected chi connectivity index (χ2v) is 8.53. The molecule has 0 saturated heterocycles. The number of fused-ring (bicyclic) bond motifs is 2. The molecule has 6 nitrogen and oxygen atoms in total. The van der Waals surface area contributed by atoms with Crippen LogP contribution in [-0.2, 0) is 26.6 Å². The normalized spacial score (nSPS) is 15.2. The second kappa shape index (κ2) is 8.86. The SMILES string of the molecule is Cn1c(CN(Cc2ccc(C#N)cc2C#N)C2CCCc3cccnc32)nc2ccccc21. The van der Waals surface area contributed by atoms with Crippen LogP contribution in [0.4, 0.5) is 0 Å². The van der Waals surface area contributed by atoms with Crippen LogP contribution in [0.2, 0.25) is 0 Å². The molecule has 0 saturated carbocycles. The van der Waals surface area contributed by atoms with Crippen LogP contribution in [0, 0.1) is 22.7 Å². The number of benzene rings is 2. The lowest BCUT2D eigenvalue weighted by Gasteiger charge is -2.35. The number of aromatic nitrogens is 3. The maximum Gasteiger partial charge on any atom is 0.123 e. The first-order chi connectivity index (χ1) is 16.2. The van der Waals surface area contributed by atoms with Crippen molar-refractivity contribution in [1.29, 1.82) is 10.5 Å². The van der Waals surface area contributed by atoms with E-state index < -0.39 is 0 Å². The van der Waals surface area contributed by atoms with E-state index in [9.17, 15) is 10.5 Å². The molecule has 33 heavy (non-hydrogen) atoms. The minimum atomic E-state index is 0.136. The molecule has 1 aliphatic rings. The standard InChI is InChI=1S/C27H24N6/c1-32-24-9-3-2-8-23(24)31-26(32)18-33(17-21-12-11-19(15-28)14-22(21)16-29)25-10-4-6-20-7-5-13-30-27(20)25/h2-3,5,7-9,11-14,25H,4,6,10,17-18H2,1H3. The third-order valence-electron chi connectivity index (χ3n) is 6.56. The topological polar surface area (TPSA) is 81.5 Å². The lowest BCUT2D eigenvalue weighted by molar-refractivity contribution is 0.151. The van der Waals surface area contributed by atoms with E-state index in [0.717, 1.165) is 47.4 Å². The molecule has 0 radical (unpaired) electrons. The molecule has 0 amide bonds. The maximum absolute atomic E-state index is 9.74. The van der Waals surface area contributed by atoms with Crippen molar-refractivity contribution in [1.82, 2.24) is 19.4 Å². The molecule has 1 aliphatic carbocycles. The molecule has 0 bridgehead atoms. The van der Waals surface area contributed by atoms with Gasteiger partial charge in [0.25, 0.3) is 0 Å². The van der Waals surface area contributed by atoms with Gasteiger partial charge >= 0.3 is 0 Å². The molecule has 2 aromatic heterocycles. The second-order valence-electron chi connectivity index (χ2n) is 8.53. The largest absolute Gasteiger partial charge is 0.330 e. The summed E-state index contributed by atoms with van der Waals surface area (Å²) < 4.78 is 2.15. The summed E-state index contributed by atoms with van der Waals surface area (Å²) in [4.78, 5) is 12.1. The van der Waals surface area contributed by atoms with Crippen LogP contribution < -0.4 is 0 Å². The van der Waals surface area contributed by atoms with Crippen LogP contribution in [0.25, 0.3) is 11.0 Å². The smallest absolute Gasteiger partial charge is 0.123 e. The summed E-state index contributed by atoms with van der Waals surface area (Å²) in [6.07, 6.45) is 5.01. The van der Waals surface area contributed by atoms with Crippen molar-refractivity contribution in [2.24, 2.45) is 7.05 Å². The molecular weight excluding hydrogens is 408 g/mol. The summed E-state index contributed by atoms with van der Waals surface area (Å²) in [7, 11) is 2.05. The monoisotopic (exact) mass is 432 g/mol. The van der Waals surface area contributed by atoms with Crippen molar-refractivity contribution < 1.29 is 0 Å². The Hall–Kier alpha value is -4.00. The summed E-state index contributed by atoms with van der Waals surface area (Å²) in [6.45, 7) is 1.22. The number of nitrogens with zero attached hydrogens (tertiary/aromatic N) is 6. The average Bonchev–Trinajstić information content (AvgIpc) is 3.18. The number of para-hydroxylation sites is 2. The highest BCUT2D eigenvalue weighted by atomic mass is 15.2. The molecule has 1 unspecified atom stereocenters. The molecule has 2 heterocycles. The van der Waals surface area contributed by atoms with Crippen molar-refractivity contribution in [3.8, 4) is 12.1 Å². The number of aryl methyl sites for hydroxylation is 2. The van der Waals surface area contributed by atoms with Gasteiger partial charge in [-0.25, -0.2) is 4.98 Å². The lowest BCUT2D eigenvalue weighted by atomic mass is 9.90. The van der Waals surface area contributed by atoms with Crippen molar-refractivity contribution >= 4 is 11.0 Å². The van der Waals surface area contributed by atoms with Gasteiger partial charge in [0.15, 0.2) is 0 Å². The molecule has 162 valence electrons. The van der Waals surface area contributed by atoms with E-state index in [1.165, 1.54) is 5.56 Å². The molecular formula is C27H24N6. The molecule has 2 aromatic carbocycles. The van der Waals surface area contributed by atoms with E-state index in [1.54, 1.807) is 12.1 Å². The first-order valence-corrected chi connectivity index (χ1v) is 11.2. The molecule has 0 fully saturated rings. The van der Waals surface area contributed by atoms with Gasteiger partial charge in [0, 0.05) is 19.8 Å². The van der Waals surface area contributed by atoms with Crippen LogP contribution in [0.3, 0.4) is 0 Å². The Morgan fingerprint density at radius 2 is 1.94 bits per heavy atom. The van der Waals surface area contributed by atoms with Crippen molar-refractivity contribution in [3.63, 3.8) is 0 Å². The van der Waals surface area contributed by atoms with Crippen LogP contribution in [-0.4, -0.2) is 19.4 Å². The van der Waals surface area contributed by atoms with Crippen LogP contribution in [0.5, 0.6) is 0 Å². The van der Waals surface area contributed by atoms with Crippen LogP contribution in [0.1, 0.15) is 52.7 Å². The predicted molar refractivity (Wildman–Crippen MR) is 126 cm³/mol. The van der Waals surface area contributed by atoms with Gasteiger partial charge in [0.1, 0.15) is 5.82 Å². The number of imidazole rings is 1. The third-order valence-corrected chi connectivity index (χ3v) is 6.56. The fraction of sp³-hybridized carbons (Fsp3) is 0.259. The van der Waals surface area contributed by atoms with E-state index in [0.29, 0.717) is 24.2 Å². The predicted octanol–water partition coefficient (Wildman–Crippen LogP) is 4.79. The minimum absolute atomic E-state index is 0.136. The van der Waals surface area contributed by atoms with Gasteiger partial charge in [-0.2, -0.15) is 10.5 Å². The van der Waals surface area contributed by atoms with Gasteiger partial charge in [0.05, 0.1) is 52.6 Å². The van der Waals surface area contributed by atoms with E-state index in [4.69, 9.17) is 9.97 Å². The highest BCUT2D eigenvalue weighted by Gasteiger charge is 2.29. The highest BCUT2D eigenvalue weighted by molar-refractivity contribution is 5.75. The van der Waals surface area contributed by atoms with E-state index in [2.05, 4.69) is 40.8 Å². The molecule has 6 heteroatoms. The van der Waals surface area contributed by atoms with Gasteiger partial charge < -0.3 is 4.57 Å². The Bertz CT molecular complexity index is 1400. The number of hydrogen-bond acceptors (Lipinski definition) is 5. The molecule has 5 rings (SSSR count). The van der Waals surface area contributed by atoms with Crippen LogP contribution >= 0.6 is 0 Å². The van der Waals surface area contributed by atoms with Crippen molar-refractivity contribution in [2.75, 3.05) is 0 Å². The first-order valence-electron chi connectivity index (χ1n) is 11.2. The van der Waals surface area contributed by atoms with Gasteiger partial charge in [-0.05, 0) is 60.7 Å². The molecule has 4 aromatic rings. The van der Waals surface area contributed by atoms with Crippen molar-refractivity contribution in [3.05, 3.63) is 94.6 Å². The average molecular weight is 433 g/mol. The summed E-state index contributed by atoms with van der Waals surface area (Å²) in [5.41, 5.74) is 6.46. The molecule has 0 aliphatic heterocycles. The zero-order chi connectivity index (χ0) is 22.8. The Kier molecular flexibility index (Phi) is 5.60. The van der Waals surface area contributed by atoms with E-state index in [1.807, 2.05) is 36.5 Å². The first kappa shape index (κ1) is 20.9. The lowest BCUT2D eigenvalue weighted by Crippen LogP contribution is -2.32. The zero-order valence-corrected chi connectivity index (χ0v) is 18.6. The quantitative estimate of drug-likeness (QED) is 0.453. The summed E-state index contributed by atoms with van der Waals surface area (Å²) in [6, 6.07) is 22.3. The Labute approximate surface area is 193 Å². The van der Waals surface area contributed by atoms with E-state index in [-0.39, 0.29) is 6.04 Å². The summed E-state index contributed by atoms with van der Waals surface area (Å²) in [5.74, 6) is 0.978. The van der Waals surface area contributed by atoms with Gasteiger partial charge in [-0.1, -0.05) is 24.3 Å². The van der Waals surface area contributed by atoms with E-state index >= 15 is 0 Å². The zero-order valence-electron chi connectivity index (χ0n) is 18.6. The van der Waals surface area contributed by atoms with Crippen LogP contribution in [0.15, 0.2) is 60.8 Å². The minimum Gasteiger partial charge on any atom is -0.330 e. The summed E-state index contributed by atoms with van der Waals surface area (Å²) >= 11 is 0. The highest BCUT2D eigenvalue weighted by Crippen LogP contribution is 2.35. The Morgan fingerprint density at radius 3 is 2.76 bits per heavy atom. The third kappa shape index (κ3) is 3.98. The summed E-state index contributed by atoms with van der Waals surface area (Å²) in [5, 5.41) is 19.0. The molecule has 1 atom stereocenters.